The number of carbonyl (C=O) groups excluding carboxylic acids is 1. The molecule has 4 rings (SSSR count). The molecule has 1 aliphatic carbocycles. The fraction of sp³-hybridized carbons (Fsp3) is 0.529. The van der Waals surface area contributed by atoms with Crippen molar-refractivity contribution in [2.24, 2.45) is 18.9 Å². The van der Waals surface area contributed by atoms with Crippen molar-refractivity contribution in [1.82, 2.24) is 25.3 Å². The Morgan fingerprint density at radius 1 is 1.27 bits per heavy atom. The first-order chi connectivity index (χ1) is 11.6. The fourth-order valence-corrected chi connectivity index (χ4v) is 4.12. The lowest BCUT2D eigenvalue weighted by Crippen LogP contribution is -2.39. The Labute approximate surface area is 165 Å². The van der Waals surface area contributed by atoms with Gasteiger partial charge < -0.3 is 10.6 Å². The molecule has 0 aromatic carbocycles. The number of aryl methyl sites for hydroxylation is 2. The molecule has 0 bridgehead atoms. The standard InChI is InChI=1S/C17H22N6O.2ClH/c1-10-8-19-23(2)16(10)13-6-7-14(22-21-13)20-17(24)15-12-5-3-4-11(12)9-18-15;;/h6-8,11-12,15,18H,3-5,9H2,1-2H3,(H,20,22,24);2*1H. The summed E-state index contributed by atoms with van der Waals surface area (Å²) in [5, 5.41) is 18.9. The summed E-state index contributed by atoms with van der Waals surface area (Å²) in [5.41, 5.74) is 2.73. The molecule has 9 heteroatoms. The number of anilines is 1. The minimum absolute atomic E-state index is 0. The van der Waals surface area contributed by atoms with Gasteiger partial charge in [-0.1, -0.05) is 6.42 Å². The van der Waals surface area contributed by atoms with Crippen molar-refractivity contribution in [3.63, 3.8) is 0 Å². The molecule has 7 nitrogen and oxygen atoms in total. The van der Waals surface area contributed by atoms with Crippen molar-refractivity contribution >= 4 is 36.5 Å². The molecule has 3 atom stereocenters. The predicted octanol–water partition coefficient (Wildman–Crippen LogP) is 2.36. The first-order valence-electron chi connectivity index (χ1n) is 8.50. The maximum absolute atomic E-state index is 12.5. The fourth-order valence-electron chi connectivity index (χ4n) is 4.12. The number of carbonyl (C=O) groups is 1. The van der Waals surface area contributed by atoms with Crippen molar-refractivity contribution < 1.29 is 4.79 Å². The van der Waals surface area contributed by atoms with Crippen LogP contribution in [0.25, 0.3) is 11.4 Å². The van der Waals surface area contributed by atoms with Gasteiger partial charge in [-0.05, 0) is 55.8 Å². The van der Waals surface area contributed by atoms with Gasteiger partial charge in [-0.15, -0.1) is 35.0 Å². The molecule has 2 aromatic rings. The second kappa shape index (κ2) is 8.33. The van der Waals surface area contributed by atoms with Gasteiger partial charge in [-0.2, -0.15) is 5.10 Å². The zero-order valence-corrected chi connectivity index (χ0v) is 16.4. The van der Waals surface area contributed by atoms with Gasteiger partial charge in [0.25, 0.3) is 0 Å². The lowest BCUT2D eigenvalue weighted by atomic mass is 9.94. The molecule has 0 radical (unpaired) electrons. The van der Waals surface area contributed by atoms with Crippen LogP contribution >= 0.6 is 24.8 Å². The third kappa shape index (κ3) is 3.70. The third-order valence-corrected chi connectivity index (χ3v) is 5.31. The zero-order valence-electron chi connectivity index (χ0n) is 14.8. The zero-order chi connectivity index (χ0) is 16.7. The molecule has 1 saturated carbocycles. The van der Waals surface area contributed by atoms with Crippen molar-refractivity contribution in [1.29, 1.82) is 0 Å². The number of halogens is 2. The van der Waals surface area contributed by atoms with E-state index in [1.165, 1.54) is 12.8 Å². The minimum atomic E-state index is -0.0988. The maximum Gasteiger partial charge on any atom is 0.243 e. The average Bonchev–Trinajstić information content (AvgIpc) is 3.25. The smallest absolute Gasteiger partial charge is 0.243 e. The molecule has 2 N–H and O–H groups in total. The van der Waals surface area contributed by atoms with E-state index >= 15 is 0 Å². The van der Waals surface area contributed by atoms with E-state index in [0.717, 1.165) is 29.9 Å². The molecule has 0 spiro atoms. The molecule has 1 aliphatic heterocycles. The normalized spacial score (nSPS) is 23.7. The highest BCUT2D eigenvalue weighted by Crippen LogP contribution is 2.37. The van der Waals surface area contributed by atoms with E-state index < -0.39 is 0 Å². The Morgan fingerprint density at radius 2 is 2.08 bits per heavy atom. The lowest BCUT2D eigenvalue weighted by Gasteiger charge is -2.17. The van der Waals surface area contributed by atoms with E-state index in [-0.39, 0.29) is 36.8 Å². The van der Waals surface area contributed by atoms with Gasteiger partial charge in [0.15, 0.2) is 5.82 Å². The summed E-state index contributed by atoms with van der Waals surface area (Å²) in [6.45, 7) is 2.94. The van der Waals surface area contributed by atoms with Crippen LogP contribution in [0, 0.1) is 18.8 Å². The number of fused-ring (bicyclic) bond motifs is 1. The Morgan fingerprint density at radius 3 is 2.73 bits per heavy atom. The number of rotatable bonds is 3. The molecule has 2 aliphatic rings. The van der Waals surface area contributed by atoms with Crippen LogP contribution in [0.2, 0.25) is 0 Å². The molecular weight excluding hydrogens is 375 g/mol. The number of nitrogens with zero attached hydrogens (tertiary/aromatic N) is 4. The summed E-state index contributed by atoms with van der Waals surface area (Å²) >= 11 is 0. The van der Waals surface area contributed by atoms with Crippen LogP contribution < -0.4 is 10.6 Å². The first-order valence-corrected chi connectivity index (χ1v) is 8.50. The summed E-state index contributed by atoms with van der Waals surface area (Å²) in [5.74, 6) is 1.62. The maximum atomic E-state index is 12.5. The summed E-state index contributed by atoms with van der Waals surface area (Å²) in [4.78, 5) is 12.5. The van der Waals surface area contributed by atoms with Crippen LogP contribution in [0.3, 0.4) is 0 Å². The highest BCUT2D eigenvalue weighted by Gasteiger charge is 2.42. The molecule has 26 heavy (non-hydrogen) atoms. The number of amides is 1. The summed E-state index contributed by atoms with van der Waals surface area (Å²) in [7, 11) is 1.88. The quantitative estimate of drug-likeness (QED) is 0.828. The number of nitrogens with one attached hydrogen (secondary N) is 2. The summed E-state index contributed by atoms with van der Waals surface area (Å²) < 4.78 is 1.78. The highest BCUT2D eigenvalue weighted by atomic mass is 35.5. The summed E-state index contributed by atoms with van der Waals surface area (Å²) in [6, 6.07) is 3.57. The SMILES string of the molecule is Cc1cnn(C)c1-c1ccc(NC(=O)C2NCC3CCCC32)nn1.Cl.Cl. The number of aromatic nitrogens is 4. The van der Waals surface area contributed by atoms with Gasteiger partial charge in [0.05, 0.1) is 17.9 Å². The lowest BCUT2D eigenvalue weighted by molar-refractivity contribution is -0.118. The van der Waals surface area contributed by atoms with Crippen LogP contribution in [-0.4, -0.2) is 38.5 Å². The third-order valence-electron chi connectivity index (χ3n) is 5.31. The van der Waals surface area contributed by atoms with E-state index in [1.54, 1.807) is 16.9 Å². The molecule has 3 heterocycles. The summed E-state index contributed by atoms with van der Waals surface area (Å²) in [6.07, 6.45) is 5.41. The predicted molar refractivity (Wildman–Crippen MR) is 105 cm³/mol. The second-order valence-corrected chi connectivity index (χ2v) is 6.83. The van der Waals surface area contributed by atoms with Gasteiger partial charge in [0, 0.05) is 7.05 Å². The van der Waals surface area contributed by atoms with Crippen LogP contribution in [-0.2, 0) is 11.8 Å². The van der Waals surface area contributed by atoms with Crippen LogP contribution in [0.4, 0.5) is 5.82 Å². The molecule has 2 fully saturated rings. The van der Waals surface area contributed by atoms with Gasteiger partial charge in [-0.3, -0.25) is 9.48 Å². The number of hydrogen-bond acceptors (Lipinski definition) is 5. The Balaban J connectivity index is 0.00000121. The van der Waals surface area contributed by atoms with Gasteiger partial charge >= 0.3 is 0 Å². The average molecular weight is 399 g/mol. The molecule has 142 valence electrons. The van der Waals surface area contributed by atoms with Gasteiger partial charge in [0.1, 0.15) is 5.69 Å². The molecule has 2 aromatic heterocycles. The topological polar surface area (TPSA) is 84.7 Å². The highest BCUT2D eigenvalue weighted by molar-refractivity contribution is 5.94. The Hall–Kier alpha value is -1.70. The number of hydrogen-bond donors (Lipinski definition) is 2. The van der Waals surface area contributed by atoms with Crippen molar-refractivity contribution in [2.75, 3.05) is 11.9 Å². The van der Waals surface area contributed by atoms with E-state index in [4.69, 9.17) is 0 Å². The monoisotopic (exact) mass is 398 g/mol. The molecule has 3 unspecified atom stereocenters. The van der Waals surface area contributed by atoms with Crippen LogP contribution in [0.1, 0.15) is 24.8 Å². The van der Waals surface area contributed by atoms with E-state index in [2.05, 4.69) is 25.9 Å². The van der Waals surface area contributed by atoms with Gasteiger partial charge in [-0.25, -0.2) is 0 Å². The first kappa shape index (κ1) is 20.6. The molecule has 1 saturated heterocycles. The largest absolute Gasteiger partial charge is 0.308 e. The van der Waals surface area contributed by atoms with Gasteiger partial charge in [0.2, 0.25) is 5.91 Å². The van der Waals surface area contributed by atoms with Crippen molar-refractivity contribution in [3.8, 4) is 11.4 Å². The van der Waals surface area contributed by atoms with Crippen LogP contribution in [0.5, 0.6) is 0 Å². The van der Waals surface area contributed by atoms with Crippen molar-refractivity contribution in [3.05, 3.63) is 23.9 Å². The van der Waals surface area contributed by atoms with E-state index in [9.17, 15) is 4.79 Å². The minimum Gasteiger partial charge on any atom is -0.308 e. The van der Waals surface area contributed by atoms with E-state index in [0.29, 0.717) is 17.7 Å². The van der Waals surface area contributed by atoms with Crippen molar-refractivity contribution in [2.45, 2.75) is 32.2 Å². The Kier molecular flexibility index (Phi) is 6.60. The molecule has 1 amide bonds. The van der Waals surface area contributed by atoms with Crippen LogP contribution in [0.15, 0.2) is 18.3 Å². The second-order valence-electron chi connectivity index (χ2n) is 6.83. The molecular formula is C17H24Cl2N6O. The van der Waals surface area contributed by atoms with E-state index in [1.807, 2.05) is 20.0 Å². The Bertz CT molecular complexity index is 744.